The summed E-state index contributed by atoms with van der Waals surface area (Å²) in [5.41, 5.74) is 4.46. The summed E-state index contributed by atoms with van der Waals surface area (Å²) < 4.78 is 2.05. The lowest BCUT2D eigenvalue weighted by molar-refractivity contribution is -0.136. The van der Waals surface area contributed by atoms with Crippen molar-refractivity contribution in [1.82, 2.24) is 9.55 Å². The van der Waals surface area contributed by atoms with Gasteiger partial charge in [-0.15, -0.1) is 0 Å². The number of hydrogen-bond donors (Lipinski definition) is 1. The van der Waals surface area contributed by atoms with E-state index in [1.807, 2.05) is 25.4 Å². The Morgan fingerprint density at radius 2 is 1.95 bits per heavy atom. The number of nitrogens with zero attached hydrogens (tertiary/aromatic N) is 2. The Bertz CT molecular complexity index is 791. The van der Waals surface area contributed by atoms with Gasteiger partial charge in [-0.3, -0.25) is 9.78 Å². The number of aryl methyl sites for hydroxylation is 2. The molecule has 106 valence electrons. The fraction of sp³-hybridized carbons (Fsp3) is 0.176. The van der Waals surface area contributed by atoms with Gasteiger partial charge in [0.05, 0.1) is 0 Å². The maximum atomic E-state index is 10.7. The summed E-state index contributed by atoms with van der Waals surface area (Å²) in [6, 6.07) is 10.2. The first-order chi connectivity index (χ1) is 10.1. The van der Waals surface area contributed by atoms with Gasteiger partial charge < -0.3 is 9.67 Å². The molecule has 3 rings (SSSR count). The molecule has 4 nitrogen and oxygen atoms in total. The van der Waals surface area contributed by atoms with Crippen molar-refractivity contribution < 1.29 is 9.90 Å². The second-order valence-electron chi connectivity index (χ2n) is 5.13. The molecule has 0 fully saturated rings. The van der Waals surface area contributed by atoms with Gasteiger partial charge in [0.1, 0.15) is 0 Å². The van der Waals surface area contributed by atoms with Crippen LogP contribution in [0.15, 0.2) is 48.9 Å². The highest BCUT2D eigenvalue weighted by Crippen LogP contribution is 2.27. The van der Waals surface area contributed by atoms with Crippen LogP contribution in [-0.2, 0) is 18.3 Å². The van der Waals surface area contributed by atoms with E-state index >= 15 is 0 Å². The zero-order valence-electron chi connectivity index (χ0n) is 11.8. The van der Waals surface area contributed by atoms with Gasteiger partial charge in [-0.05, 0) is 41.3 Å². The van der Waals surface area contributed by atoms with E-state index in [4.69, 9.17) is 5.11 Å². The van der Waals surface area contributed by atoms with Gasteiger partial charge in [-0.2, -0.15) is 0 Å². The molecule has 1 aromatic carbocycles. The molecule has 0 aliphatic heterocycles. The first-order valence-corrected chi connectivity index (χ1v) is 6.85. The molecule has 21 heavy (non-hydrogen) atoms. The van der Waals surface area contributed by atoms with Crippen molar-refractivity contribution in [3.63, 3.8) is 0 Å². The molecule has 1 N–H and O–H groups in total. The van der Waals surface area contributed by atoms with Crippen LogP contribution < -0.4 is 0 Å². The summed E-state index contributed by atoms with van der Waals surface area (Å²) >= 11 is 0. The number of benzene rings is 1. The minimum absolute atomic E-state index is 0.158. The largest absolute Gasteiger partial charge is 0.481 e. The van der Waals surface area contributed by atoms with E-state index in [-0.39, 0.29) is 6.42 Å². The van der Waals surface area contributed by atoms with E-state index in [2.05, 4.69) is 27.8 Å². The van der Waals surface area contributed by atoms with Crippen molar-refractivity contribution in [2.24, 2.45) is 7.05 Å². The molecule has 0 amide bonds. The lowest BCUT2D eigenvalue weighted by atomic mass is 10.0. The zero-order chi connectivity index (χ0) is 14.8. The number of carboxylic acids is 1. The lowest BCUT2D eigenvalue weighted by Crippen LogP contribution is -1.96. The fourth-order valence-electron chi connectivity index (χ4n) is 2.63. The first kappa shape index (κ1) is 13.4. The highest BCUT2D eigenvalue weighted by atomic mass is 16.4. The Morgan fingerprint density at radius 1 is 1.19 bits per heavy atom. The highest BCUT2D eigenvalue weighted by molar-refractivity contribution is 5.88. The van der Waals surface area contributed by atoms with Gasteiger partial charge in [-0.1, -0.05) is 12.1 Å². The molecule has 0 saturated heterocycles. The van der Waals surface area contributed by atoms with E-state index in [9.17, 15) is 4.79 Å². The van der Waals surface area contributed by atoms with Crippen LogP contribution in [0.3, 0.4) is 0 Å². The summed E-state index contributed by atoms with van der Waals surface area (Å²) in [5, 5.41) is 9.96. The third-order valence-corrected chi connectivity index (χ3v) is 3.70. The summed E-state index contributed by atoms with van der Waals surface area (Å²) in [6.07, 6.45) is 6.29. The molecule has 0 spiro atoms. The second kappa shape index (κ2) is 5.40. The van der Waals surface area contributed by atoms with E-state index < -0.39 is 5.97 Å². The van der Waals surface area contributed by atoms with E-state index in [1.54, 1.807) is 12.4 Å². The molecule has 2 heterocycles. The molecule has 0 aliphatic carbocycles. The number of carboxylic acid groups (broad SMARTS) is 1. The number of fused-ring (bicyclic) bond motifs is 1. The molecule has 0 bridgehead atoms. The minimum Gasteiger partial charge on any atom is -0.481 e. The van der Waals surface area contributed by atoms with E-state index in [0.29, 0.717) is 6.42 Å². The van der Waals surface area contributed by atoms with Gasteiger partial charge in [-0.25, -0.2) is 0 Å². The van der Waals surface area contributed by atoms with Crippen LogP contribution >= 0.6 is 0 Å². The predicted octanol–water partition coefficient (Wildman–Crippen LogP) is 3.26. The Morgan fingerprint density at radius 3 is 2.67 bits per heavy atom. The van der Waals surface area contributed by atoms with E-state index in [0.717, 1.165) is 27.6 Å². The Balaban J connectivity index is 2.03. The fourth-order valence-corrected chi connectivity index (χ4v) is 2.63. The maximum Gasteiger partial charge on any atom is 0.303 e. The van der Waals surface area contributed by atoms with Crippen LogP contribution in [0.4, 0.5) is 0 Å². The Hall–Kier alpha value is -2.62. The highest BCUT2D eigenvalue weighted by Gasteiger charge is 2.09. The molecular formula is C17H16N2O2. The zero-order valence-corrected chi connectivity index (χ0v) is 11.8. The van der Waals surface area contributed by atoms with Crippen LogP contribution in [0.1, 0.15) is 12.0 Å². The number of hydrogen-bond acceptors (Lipinski definition) is 2. The van der Waals surface area contributed by atoms with Crippen molar-refractivity contribution in [2.75, 3.05) is 0 Å². The van der Waals surface area contributed by atoms with Gasteiger partial charge >= 0.3 is 5.97 Å². The van der Waals surface area contributed by atoms with Crippen molar-refractivity contribution in [1.29, 1.82) is 0 Å². The van der Waals surface area contributed by atoms with Crippen LogP contribution in [0.25, 0.3) is 22.0 Å². The summed E-state index contributed by atoms with van der Waals surface area (Å²) in [6.45, 7) is 0. The monoisotopic (exact) mass is 280 g/mol. The molecule has 0 atom stereocenters. The normalized spacial score (nSPS) is 10.9. The average molecular weight is 280 g/mol. The van der Waals surface area contributed by atoms with Crippen LogP contribution in [-0.4, -0.2) is 20.6 Å². The topological polar surface area (TPSA) is 55.1 Å². The van der Waals surface area contributed by atoms with Gasteiger partial charge in [0.2, 0.25) is 0 Å². The molecule has 2 aromatic heterocycles. The van der Waals surface area contributed by atoms with E-state index in [1.165, 1.54) is 0 Å². The van der Waals surface area contributed by atoms with Crippen molar-refractivity contribution >= 4 is 16.9 Å². The molecular weight excluding hydrogens is 264 g/mol. The third kappa shape index (κ3) is 2.65. The SMILES string of the molecule is Cn1cc(CCC(=O)O)c2ccc(-c3ccncc3)cc21. The van der Waals surface area contributed by atoms with Crippen LogP contribution in [0.5, 0.6) is 0 Å². The number of aromatic nitrogens is 2. The summed E-state index contributed by atoms with van der Waals surface area (Å²) in [7, 11) is 1.99. The summed E-state index contributed by atoms with van der Waals surface area (Å²) in [5.74, 6) is -0.764. The number of aliphatic carboxylic acids is 1. The average Bonchev–Trinajstić information content (AvgIpc) is 2.82. The van der Waals surface area contributed by atoms with Crippen LogP contribution in [0, 0.1) is 0 Å². The Labute approximate surface area is 122 Å². The number of rotatable bonds is 4. The van der Waals surface area contributed by atoms with Crippen LogP contribution in [0.2, 0.25) is 0 Å². The van der Waals surface area contributed by atoms with Gasteiger partial charge in [0.15, 0.2) is 0 Å². The van der Waals surface area contributed by atoms with Gasteiger partial charge in [0, 0.05) is 43.0 Å². The molecule has 0 unspecified atom stereocenters. The van der Waals surface area contributed by atoms with Crippen molar-refractivity contribution in [3.05, 3.63) is 54.5 Å². The third-order valence-electron chi connectivity index (χ3n) is 3.70. The predicted molar refractivity (Wildman–Crippen MR) is 82.1 cm³/mol. The molecule has 0 radical (unpaired) electrons. The van der Waals surface area contributed by atoms with Gasteiger partial charge in [0.25, 0.3) is 0 Å². The van der Waals surface area contributed by atoms with Crippen molar-refractivity contribution in [2.45, 2.75) is 12.8 Å². The maximum absolute atomic E-state index is 10.7. The standard InChI is InChI=1S/C17H16N2O2/c1-19-11-14(3-5-17(20)21)15-4-2-13(10-16(15)19)12-6-8-18-9-7-12/h2,4,6-11H,3,5H2,1H3,(H,20,21). The smallest absolute Gasteiger partial charge is 0.303 e. The second-order valence-corrected chi connectivity index (χ2v) is 5.13. The quantitative estimate of drug-likeness (QED) is 0.798. The molecule has 0 aliphatic rings. The minimum atomic E-state index is -0.764. The summed E-state index contributed by atoms with van der Waals surface area (Å²) in [4.78, 5) is 14.8. The first-order valence-electron chi connectivity index (χ1n) is 6.85. The van der Waals surface area contributed by atoms with Crippen molar-refractivity contribution in [3.8, 4) is 11.1 Å². The Kier molecular flexibility index (Phi) is 3.44. The molecule has 3 aromatic rings. The number of pyridine rings is 1. The molecule has 0 saturated carbocycles. The number of carbonyl (C=O) groups is 1. The molecule has 4 heteroatoms. The lowest BCUT2D eigenvalue weighted by Gasteiger charge is -2.03.